The Morgan fingerprint density at radius 3 is 2.65 bits per heavy atom. The largest absolute Gasteiger partial charge is 0.296 e. The number of carbonyl (C=O) groups is 2. The molecule has 6 heteroatoms. The lowest BCUT2D eigenvalue weighted by atomic mass is 9.85. The summed E-state index contributed by atoms with van der Waals surface area (Å²) in [6.45, 7) is 0. The molecule has 86 valence electrons. The van der Waals surface area contributed by atoms with Crippen LogP contribution in [0.25, 0.3) is 0 Å². The first-order valence-electron chi connectivity index (χ1n) is 5.07. The van der Waals surface area contributed by atoms with Gasteiger partial charge in [0.15, 0.2) is 0 Å². The van der Waals surface area contributed by atoms with Crippen LogP contribution in [-0.2, 0) is 9.59 Å². The standard InChI is InChI=1S/C11H8BF2NO2/c12-6-2-3-7(13)9(10(6)14)5-1-4-8(16)15-11(5)17/h2-3,5H,1,4H2,(H,15,16,17). The summed E-state index contributed by atoms with van der Waals surface area (Å²) in [6, 6.07) is 2.11. The summed E-state index contributed by atoms with van der Waals surface area (Å²) >= 11 is 0. The van der Waals surface area contributed by atoms with Crippen molar-refractivity contribution in [1.29, 1.82) is 0 Å². The maximum absolute atomic E-state index is 13.7. The molecule has 0 saturated carbocycles. The van der Waals surface area contributed by atoms with Crippen molar-refractivity contribution in [2.45, 2.75) is 18.8 Å². The molecule has 0 aliphatic carbocycles. The zero-order chi connectivity index (χ0) is 12.6. The molecule has 1 N–H and O–H groups in total. The van der Waals surface area contributed by atoms with Crippen LogP contribution in [-0.4, -0.2) is 19.7 Å². The Bertz CT molecular complexity index is 504. The van der Waals surface area contributed by atoms with Gasteiger partial charge in [0.05, 0.1) is 5.92 Å². The third-order valence-corrected chi connectivity index (χ3v) is 2.74. The molecule has 2 rings (SSSR count). The van der Waals surface area contributed by atoms with Crippen LogP contribution in [0.2, 0.25) is 0 Å². The number of carbonyl (C=O) groups excluding carboxylic acids is 2. The third-order valence-electron chi connectivity index (χ3n) is 2.74. The van der Waals surface area contributed by atoms with Crippen molar-refractivity contribution >= 4 is 25.1 Å². The molecule has 1 saturated heterocycles. The summed E-state index contributed by atoms with van der Waals surface area (Å²) < 4.78 is 27.2. The van der Waals surface area contributed by atoms with Crippen LogP contribution in [0, 0.1) is 11.6 Å². The monoisotopic (exact) mass is 235 g/mol. The van der Waals surface area contributed by atoms with Gasteiger partial charge < -0.3 is 0 Å². The van der Waals surface area contributed by atoms with Gasteiger partial charge in [-0.15, -0.1) is 0 Å². The molecular weight excluding hydrogens is 227 g/mol. The van der Waals surface area contributed by atoms with E-state index in [1.54, 1.807) is 0 Å². The Balaban J connectivity index is 2.44. The van der Waals surface area contributed by atoms with Crippen LogP contribution >= 0.6 is 0 Å². The predicted octanol–water partition coefficient (Wildman–Crippen LogP) is 0.279. The van der Waals surface area contributed by atoms with Gasteiger partial charge in [0.25, 0.3) is 0 Å². The predicted molar refractivity (Wildman–Crippen MR) is 56.9 cm³/mol. The van der Waals surface area contributed by atoms with Gasteiger partial charge in [0.1, 0.15) is 19.5 Å². The molecule has 3 nitrogen and oxygen atoms in total. The number of imide groups is 1. The maximum Gasteiger partial charge on any atom is 0.234 e. The smallest absolute Gasteiger partial charge is 0.234 e. The average molecular weight is 235 g/mol. The molecular formula is C11H8BF2NO2. The van der Waals surface area contributed by atoms with Crippen LogP contribution in [0.1, 0.15) is 24.3 Å². The van der Waals surface area contributed by atoms with Gasteiger partial charge in [-0.2, -0.15) is 0 Å². The van der Waals surface area contributed by atoms with Gasteiger partial charge in [-0.25, -0.2) is 8.78 Å². The molecule has 1 atom stereocenters. The Morgan fingerprint density at radius 1 is 1.29 bits per heavy atom. The van der Waals surface area contributed by atoms with E-state index in [-0.39, 0.29) is 23.9 Å². The molecule has 1 heterocycles. The van der Waals surface area contributed by atoms with Crippen molar-refractivity contribution in [2.75, 3.05) is 0 Å². The van der Waals surface area contributed by atoms with Crippen LogP contribution < -0.4 is 10.8 Å². The molecule has 0 spiro atoms. The number of nitrogens with one attached hydrogen (secondary N) is 1. The highest BCUT2D eigenvalue weighted by Crippen LogP contribution is 2.28. The minimum absolute atomic E-state index is 0.0596. The molecule has 1 aromatic rings. The Hall–Kier alpha value is -1.72. The van der Waals surface area contributed by atoms with Crippen LogP contribution in [0.3, 0.4) is 0 Å². The van der Waals surface area contributed by atoms with Gasteiger partial charge in [-0.05, 0) is 12.5 Å². The first kappa shape index (κ1) is 11.8. The van der Waals surface area contributed by atoms with Crippen LogP contribution in [0.5, 0.6) is 0 Å². The molecule has 1 aliphatic rings. The first-order valence-corrected chi connectivity index (χ1v) is 5.07. The van der Waals surface area contributed by atoms with Crippen molar-refractivity contribution in [3.8, 4) is 0 Å². The topological polar surface area (TPSA) is 46.2 Å². The summed E-state index contributed by atoms with van der Waals surface area (Å²) in [5.74, 6) is -3.89. The van der Waals surface area contributed by atoms with Crippen molar-refractivity contribution in [1.82, 2.24) is 5.32 Å². The van der Waals surface area contributed by atoms with Gasteiger partial charge in [0.2, 0.25) is 11.8 Å². The summed E-state index contributed by atoms with van der Waals surface area (Å²) in [6.07, 6.45) is 0.145. The first-order chi connectivity index (χ1) is 8.00. The summed E-state index contributed by atoms with van der Waals surface area (Å²) in [5.41, 5.74) is -0.582. The Kier molecular flexibility index (Phi) is 2.96. The second-order valence-corrected chi connectivity index (χ2v) is 3.87. The highest BCUT2D eigenvalue weighted by atomic mass is 19.1. The maximum atomic E-state index is 13.7. The van der Waals surface area contributed by atoms with Gasteiger partial charge in [-0.3, -0.25) is 14.9 Å². The number of benzene rings is 1. The SMILES string of the molecule is [B]c1ccc(F)c(C2CCC(=O)NC2=O)c1F. The molecule has 2 amide bonds. The molecule has 2 radical (unpaired) electrons. The Labute approximate surface area is 97.6 Å². The van der Waals surface area contributed by atoms with E-state index in [2.05, 4.69) is 0 Å². The lowest BCUT2D eigenvalue weighted by Gasteiger charge is -2.22. The number of amides is 2. The van der Waals surface area contributed by atoms with Gasteiger partial charge in [0, 0.05) is 12.0 Å². The summed E-state index contributed by atoms with van der Waals surface area (Å²) in [7, 11) is 5.33. The van der Waals surface area contributed by atoms with E-state index in [0.29, 0.717) is 0 Å². The van der Waals surface area contributed by atoms with E-state index >= 15 is 0 Å². The highest BCUT2D eigenvalue weighted by molar-refractivity contribution is 6.32. The van der Waals surface area contributed by atoms with E-state index in [4.69, 9.17) is 7.85 Å². The average Bonchev–Trinajstić information content (AvgIpc) is 2.27. The molecule has 1 aliphatic heterocycles. The minimum atomic E-state index is -1.00. The molecule has 1 aromatic carbocycles. The molecule has 17 heavy (non-hydrogen) atoms. The van der Waals surface area contributed by atoms with Crippen LogP contribution in [0.15, 0.2) is 12.1 Å². The molecule has 0 aromatic heterocycles. The van der Waals surface area contributed by atoms with Crippen molar-refractivity contribution in [2.24, 2.45) is 0 Å². The van der Waals surface area contributed by atoms with Crippen molar-refractivity contribution in [3.63, 3.8) is 0 Å². The summed E-state index contributed by atoms with van der Waals surface area (Å²) in [5, 5.41) is 2.05. The quantitative estimate of drug-likeness (QED) is 0.561. The fourth-order valence-corrected chi connectivity index (χ4v) is 1.87. The van der Waals surface area contributed by atoms with E-state index < -0.39 is 29.4 Å². The third kappa shape index (κ3) is 2.07. The lowest BCUT2D eigenvalue weighted by molar-refractivity contribution is -0.134. The number of halogens is 2. The number of piperidine rings is 1. The zero-order valence-corrected chi connectivity index (χ0v) is 8.80. The van der Waals surface area contributed by atoms with Gasteiger partial charge in [-0.1, -0.05) is 11.5 Å². The Morgan fingerprint density at radius 2 is 2.00 bits per heavy atom. The molecule has 0 bridgehead atoms. The highest BCUT2D eigenvalue weighted by Gasteiger charge is 2.32. The fourth-order valence-electron chi connectivity index (χ4n) is 1.87. The van der Waals surface area contributed by atoms with E-state index in [1.807, 2.05) is 5.32 Å². The number of hydrogen-bond donors (Lipinski definition) is 1. The lowest BCUT2D eigenvalue weighted by Crippen LogP contribution is -2.40. The summed E-state index contributed by atoms with van der Waals surface area (Å²) in [4.78, 5) is 22.5. The zero-order valence-electron chi connectivity index (χ0n) is 8.80. The number of hydrogen-bond acceptors (Lipinski definition) is 2. The van der Waals surface area contributed by atoms with Crippen molar-refractivity contribution < 1.29 is 18.4 Å². The second kappa shape index (κ2) is 4.27. The van der Waals surface area contributed by atoms with E-state index in [9.17, 15) is 18.4 Å². The van der Waals surface area contributed by atoms with E-state index in [1.165, 1.54) is 0 Å². The molecule has 1 unspecified atom stereocenters. The second-order valence-electron chi connectivity index (χ2n) is 3.87. The van der Waals surface area contributed by atoms with Crippen LogP contribution in [0.4, 0.5) is 8.78 Å². The normalized spacial score (nSPS) is 20.2. The van der Waals surface area contributed by atoms with E-state index in [0.717, 1.165) is 12.1 Å². The number of rotatable bonds is 1. The minimum Gasteiger partial charge on any atom is -0.296 e. The van der Waals surface area contributed by atoms with Gasteiger partial charge >= 0.3 is 0 Å². The molecule has 1 fully saturated rings. The van der Waals surface area contributed by atoms with Crippen molar-refractivity contribution in [3.05, 3.63) is 29.3 Å². The fraction of sp³-hybridized carbons (Fsp3) is 0.273.